The SMILES string of the molecule is CCOC(=O)c1cnn(C)c1NC(=O)c1c(Br)c(C)nn1C. The summed E-state index contributed by atoms with van der Waals surface area (Å²) in [6.45, 7) is 3.74. The lowest BCUT2D eigenvalue weighted by molar-refractivity contribution is 0.0527. The molecule has 0 atom stereocenters. The predicted molar refractivity (Wildman–Crippen MR) is 82.8 cm³/mol. The Kier molecular flexibility index (Phi) is 4.65. The molecule has 0 bridgehead atoms. The second kappa shape index (κ2) is 6.30. The summed E-state index contributed by atoms with van der Waals surface area (Å²) in [6.07, 6.45) is 1.36. The lowest BCUT2D eigenvalue weighted by Crippen LogP contribution is -2.20. The van der Waals surface area contributed by atoms with E-state index in [-0.39, 0.29) is 18.0 Å². The minimum absolute atomic E-state index is 0.202. The third kappa shape index (κ3) is 2.89. The van der Waals surface area contributed by atoms with E-state index >= 15 is 0 Å². The molecule has 2 aromatic rings. The van der Waals surface area contributed by atoms with Crippen LogP contribution in [0.25, 0.3) is 0 Å². The van der Waals surface area contributed by atoms with Crippen LogP contribution in [0.4, 0.5) is 5.82 Å². The summed E-state index contributed by atoms with van der Waals surface area (Å²) in [5.74, 6) is -0.663. The highest BCUT2D eigenvalue weighted by Gasteiger charge is 2.23. The van der Waals surface area contributed by atoms with Crippen LogP contribution in [-0.2, 0) is 18.8 Å². The van der Waals surface area contributed by atoms with Gasteiger partial charge >= 0.3 is 5.97 Å². The van der Waals surface area contributed by atoms with Gasteiger partial charge in [-0.1, -0.05) is 0 Å². The van der Waals surface area contributed by atoms with Crippen LogP contribution in [0.5, 0.6) is 0 Å². The Labute approximate surface area is 135 Å². The molecule has 2 rings (SSSR count). The maximum Gasteiger partial charge on any atom is 0.343 e. The molecule has 2 aromatic heterocycles. The van der Waals surface area contributed by atoms with Crippen molar-refractivity contribution in [1.29, 1.82) is 0 Å². The van der Waals surface area contributed by atoms with Crippen LogP contribution in [0.15, 0.2) is 10.7 Å². The fraction of sp³-hybridized carbons (Fsp3) is 0.385. The van der Waals surface area contributed by atoms with E-state index in [2.05, 4.69) is 31.4 Å². The maximum atomic E-state index is 12.5. The highest BCUT2D eigenvalue weighted by Crippen LogP contribution is 2.22. The lowest BCUT2D eigenvalue weighted by Gasteiger charge is -2.08. The third-order valence-corrected chi connectivity index (χ3v) is 3.98. The summed E-state index contributed by atoms with van der Waals surface area (Å²) in [7, 11) is 3.30. The van der Waals surface area contributed by atoms with Crippen LogP contribution in [-0.4, -0.2) is 38.0 Å². The monoisotopic (exact) mass is 369 g/mol. The van der Waals surface area contributed by atoms with Gasteiger partial charge in [-0.05, 0) is 29.8 Å². The zero-order chi connectivity index (χ0) is 16.4. The minimum Gasteiger partial charge on any atom is -0.462 e. The van der Waals surface area contributed by atoms with Gasteiger partial charge in [0.25, 0.3) is 5.91 Å². The Bertz CT molecular complexity index is 734. The van der Waals surface area contributed by atoms with Crippen LogP contribution < -0.4 is 5.32 Å². The van der Waals surface area contributed by atoms with Crippen LogP contribution in [0.2, 0.25) is 0 Å². The van der Waals surface area contributed by atoms with Crippen molar-refractivity contribution < 1.29 is 14.3 Å². The predicted octanol–water partition coefficient (Wildman–Crippen LogP) is 1.65. The quantitative estimate of drug-likeness (QED) is 0.827. The van der Waals surface area contributed by atoms with Gasteiger partial charge in [0.2, 0.25) is 0 Å². The number of aromatic nitrogens is 4. The maximum absolute atomic E-state index is 12.5. The van der Waals surface area contributed by atoms with Crippen molar-refractivity contribution in [3.63, 3.8) is 0 Å². The summed E-state index contributed by atoms with van der Waals surface area (Å²) in [6, 6.07) is 0. The molecule has 0 spiro atoms. The number of carbonyl (C=O) groups excluding carboxylic acids is 2. The van der Waals surface area contributed by atoms with E-state index in [1.54, 1.807) is 27.9 Å². The van der Waals surface area contributed by atoms with E-state index in [4.69, 9.17) is 4.74 Å². The fourth-order valence-corrected chi connectivity index (χ4v) is 2.51. The van der Waals surface area contributed by atoms with Gasteiger partial charge < -0.3 is 10.1 Å². The van der Waals surface area contributed by atoms with Gasteiger partial charge in [-0.15, -0.1) is 0 Å². The number of esters is 1. The van der Waals surface area contributed by atoms with Gasteiger partial charge in [0.1, 0.15) is 17.1 Å². The first-order valence-electron chi connectivity index (χ1n) is 6.56. The number of ether oxygens (including phenoxy) is 1. The van der Waals surface area contributed by atoms with Gasteiger partial charge in [0.15, 0.2) is 0 Å². The zero-order valence-electron chi connectivity index (χ0n) is 12.7. The first-order chi connectivity index (χ1) is 10.4. The molecule has 0 aliphatic carbocycles. The van der Waals surface area contributed by atoms with E-state index in [9.17, 15) is 9.59 Å². The molecule has 118 valence electrons. The summed E-state index contributed by atoms with van der Waals surface area (Å²) >= 11 is 3.34. The number of carbonyl (C=O) groups is 2. The van der Waals surface area contributed by atoms with E-state index in [0.717, 1.165) is 0 Å². The average molecular weight is 370 g/mol. The molecule has 0 radical (unpaired) electrons. The number of nitrogens with one attached hydrogen (secondary N) is 1. The van der Waals surface area contributed by atoms with Crippen LogP contribution in [0, 0.1) is 6.92 Å². The van der Waals surface area contributed by atoms with Crippen molar-refractivity contribution in [1.82, 2.24) is 19.6 Å². The molecule has 0 unspecified atom stereocenters. The average Bonchev–Trinajstić information content (AvgIpc) is 2.92. The molecule has 8 nitrogen and oxygen atoms in total. The summed E-state index contributed by atoms with van der Waals surface area (Å²) in [4.78, 5) is 24.3. The normalized spacial score (nSPS) is 10.6. The zero-order valence-corrected chi connectivity index (χ0v) is 14.3. The molecule has 0 fully saturated rings. The first kappa shape index (κ1) is 16.2. The van der Waals surface area contributed by atoms with E-state index in [0.29, 0.717) is 15.9 Å². The van der Waals surface area contributed by atoms with Crippen molar-refractivity contribution in [3.05, 3.63) is 27.6 Å². The van der Waals surface area contributed by atoms with Gasteiger partial charge in [-0.2, -0.15) is 10.2 Å². The molecular formula is C13H16BrN5O3. The molecule has 22 heavy (non-hydrogen) atoms. The topological polar surface area (TPSA) is 91.0 Å². The largest absolute Gasteiger partial charge is 0.462 e. The second-order valence-corrected chi connectivity index (χ2v) is 5.37. The molecule has 1 N–H and O–H groups in total. The van der Waals surface area contributed by atoms with Crippen LogP contribution >= 0.6 is 15.9 Å². The Morgan fingerprint density at radius 1 is 1.36 bits per heavy atom. The number of rotatable bonds is 4. The Hall–Kier alpha value is -2.16. The molecule has 0 aromatic carbocycles. The number of aryl methyl sites for hydroxylation is 3. The van der Waals surface area contributed by atoms with Crippen molar-refractivity contribution in [2.75, 3.05) is 11.9 Å². The molecule has 2 heterocycles. The fourth-order valence-electron chi connectivity index (χ4n) is 1.99. The summed E-state index contributed by atoms with van der Waals surface area (Å²) < 4.78 is 8.43. The van der Waals surface area contributed by atoms with E-state index in [1.807, 2.05) is 0 Å². The molecule has 0 aliphatic rings. The van der Waals surface area contributed by atoms with Crippen LogP contribution in [0.1, 0.15) is 33.5 Å². The van der Waals surface area contributed by atoms with E-state index in [1.165, 1.54) is 15.6 Å². The lowest BCUT2D eigenvalue weighted by atomic mass is 10.3. The number of anilines is 1. The van der Waals surface area contributed by atoms with Gasteiger partial charge in [0.05, 0.1) is 23.0 Å². The molecule has 0 saturated carbocycles. The van der Waals surface area contributed by atoms with Gasteiger partial charge in [-0.25, -0.2) is 4.79 Å². The molecule has 0 saturated heterocycles. The highest BCUT2D eigenvalue weighted by molar-refractivity contribution is 9.10. The second-order valence-electron chi connectivity index (χ2n) is 4.58. The molecule has 1 amide bonds. The van der Waals surface area contributed by atoms with Gasteiger partial charge in [-0.3, -0.25) is 14.2 Å². The summed E-state index contributed by atoms with van der Waals surface area (Å²) in [5, 5.41) is 10.8. The number of hydrogen-bond donors (Lipinski definition) is 1. The van der Waals surface area contributed by atoms with Gasteiger partial charge in [0, 0.05) is 14.1 Å². The summed E-state index contributed by atoms with van der Waals surface area (Å²) in [5.41, 5.74) is 1.25. The standard InChI is InChI=1S/C13H16BrN5O3/c1-5-22-13(21)8-6-15-19(4)11(8)16-12(20)10-9(14)7(2)17-18(10)3/h6H,5H2,1-4H3,(H,16,20). The number of nitrogens with zero attached hydrogens (tertiary/aromatic N) is 4. The Morgan fingerprint density at radius 2 is 2.05 bits per heavy atom. The van der Waals surface area contributed by atoms with Crippen LogP contribution in [0.3, 0.4) is 0 Å². The Balaban J connectivity index is 2.33. The third-order valence-electron chi connectivity index (χ3n) is 3.03. The van der Waals surface area contributed by atoms with Crippen molar-refractivity contribution in [3.8, 4) is 0 Å². The molecular weight excluding hydrogens is 354 g/mol. The number of hydrogen-bond acceptors (Lipinski definition) is 5. The van der Waals surface area contributed by atoms with Crippen molar-refractivity contribution in [2.45, 2.75) is 13.8 Å². The van der Waals surface area contributed by atoms with E-state index < -0.39 is 11.9 Å². The molecule has 0 aliphatic heterocycles. The number of halogens is 1. The Morgan fingerprint density at radius 3 is 2.59 bits per heavy atom. The number of amides is 1. The highest BCUT2D eigenvalue weighted by atomic mass is 79.9. The van der Waals surface area contributed by atoms with Crippen molar-refractivity contribution in [2.24, 2.45) is 14.1 Å². The van der Waals surface area contributed by atoms with Crippen molar-refractivity contribution >= 4 is 33.6 Å². The minimum atomic E-state index is -0.536. The smallest absolute Gasteiger partial charge is 0.343 e. The molecule has 9 heteroatoms. The first-order valence-corrected chi connectivity index (χ1v) is 7.35.